The van der Waals surface area contributed by atoms with Crippen LogP contribution in [-0.4, -0.2) is 96.7 Å². The van der Waals surface area contributed by atoms with Gasteiger partial charge in [-0.15, -0.1) is 0 Å². The van der Waals surface area contributed by atoms with Crippen LogP contribution in [0.15, 0.2) is 0 Å². The third-order valence-electron chi connectivity index (χ3n) is 16.6. The number of carbonyl (C=O) groups excluding carboxylic acids is 4. The van der Waals surface area contributed by atoms with Crippen LogP contribution in [0.3, 0.4) is 0 Å². The lowest BCUT2D eigenvalue weighted by molar-refractivity contribution is -0.161. The first-order valence-electron chi connectivity index (χ1n) is 37.2. The average molecular weight is 1340 g/mol. The second-order valence-corrected chi connectivity index (χ2v) is 30.8. The van der Waals surface area contributed by atoms with Gasteiger partial charge in [-0.2, -0.15) is 0 Å². The number of phosphoric acid groups is 2. The Labute approximate surface area is 556 Å². The average Bonchev–Trinajstić information content (AvgIpc) is 3.71. The monoisotopic (exact) mass is 1340 g/mol. The van der Waals surface area contributed by atoms with Crippen molar-refractivity contribution in [3.8, 4) is 0 Å². The summed E-state index contributed by atoms with van der Waals surface area (Å²) in [6.07, 6.45) is 44.9. The maximum atomic E-state index is 13.0. The maximum absolute atomic E-state index is 13.0. The minimum absolute atomic E-state index is 0.101. The molecule has 17 nitrogen and oxygen atoms in total. The van der Waals surface area contributed by atoms with E-state index in [1.54, 1.807) is 0 Å². The molecule has 0 aliphatic carbocycles. The zero-order valence-electron chi connectivity index (χ0n) is 59.5. The lowest BCUT2D eigenvalue weighted by Crippen LogP contribution is -2.30. The molecule has 0 aromatic carbocycles. The SMILES string of the molecule is CC(C)CCCCCCCCCCCCCCCCCCC(=O)OC[C@H](COP(=O)(O)OC[C@@H](O)COP(=O)(O)OC[C@@H](COC(=O)CCCCCCCCC(C)C)OC(=O)CCCCCCCCC(C)C)OC(=O)CCCCCCCCCCCCCC(C)C. The third kappa shape index (κ3) is 66.5. The molecule has 0 heterocycles. The fourth-order valence-electron chi connectivity index (χ4n) is 10.8. The quantitative estimate of drug-likeness (QED) is 0.0222. The molecule has 0 saturated heterocycles. The van der Waals surface area contributed by atoms with Crippen molar-refractivity contribution < 1.29 is 80.2 Å². The van der Waals surface area contributed by atoms with Crippen molar-refractivity contribution in [1.29, 1.82) is 0 Å². The number of esters is 4. The summed E-state index contributed by atoms with van der Waals surface area (Å²) in [7, 11) is -9.90. The van der Waals surface area contributed by atoms with Crippen molar-refractivity contribution >= 4 is 39.5 Å². The van der Waals surface area contributed by atoms with E-state index in [2.05, 4.69) is 55.4 Å². The predicted molar refractivity (Wildman–Crippen MR) is 367 cm³/mol. The number of carbonyl (C=O) groups is 4. The molecule has 19 heteroatoms. The van der Waals surface area contributed by atoms with E-state index in [4.69, 9.17) is 37.0 Å². The summed E-state index contributed by atoms with van der Waals surface area (Å²) >= 11 is 0. The first-order chi connectivity index (χ1) is 43.6. The zero-order chi connectivity index (χ0) is 67.5. The van der Waals surface area contributed by atoms with Crippen LogP contribution in [0.4, 0.5) is 0 Å². The molecule has 0 aliphatic heterocycles. The molecule has 0 spiro atoms. The van der Waals surface area contributed by atoms with Gasteiger partial charge in [0.05, 0.1) is 26.4 Å². The molecular weight excluding hydrogens is 1200 g/mol. The predicted octanol–water partition coefficient (Wildman–Crippen LogP) is 20.5. The summed E-state index contributed by atoms with van der Waals surface area (Å²) in [4.78, 5) is 72.5. The third-order valence-corrected chi connectivity index (χ3v) is 18.5. The fourth-order valence-corrected chi connectivity index (χ4v) is 12.4. The number of ether oxygens (including phenoxy) is 4. The lowest BCUT2D eigenvalue weighted by Gasteiger charge is -2.21. The molecule has 540 valence electrons. The summed E-state index contributed by atoms with van der Waals surface area (Å²) in [6.45, 7) is 14.0. The molecule has 2 unspecified atom stereocenters. The number of aliphatic hydroxyl groups is 1. The molecular formula is C72H140O17P2. The van der Waals surface area contributed by atoms with Crippen molar-refractivity contribution in [2.24, 2.45) is 23.7 Å². The van der Waals surface area contributed by atoms with Gasteiger partial charge in [0.2, 0.25) is 0 Å². The Kier molecular flexibility index (Phi) is 60.3. The van der Waals surface area contributed by atoms with E-state index in [1.807, 2.05) is 0 Å². The van der Waals surface area contributed by atoms with E-state index in [1.165, 1.54) is 154 Å². The minimum Gasteiger partial charge on any atom is -0.462 e. The van der Waals surface area contributed by atoms with Gasteiger partial charge in [0, 0.05) is 25.7 Å². The van der Waals surface area contributed by atoms with Gasteiger partial charge in [-0.3, -0.25) is 37.3 Å². The fraction of sp³-hybridized carbons (Fsp3) is 0.944. The number of rotatable bonds is 69. The van der Waals surface area contributed by atoms with Crippen molar-refractivity contribution in [2.45, 2.75) is 375 Å². The molecule has 3 N–H and O–H groups in total. The van der Waals surface area contributed by atoms with Crippen LogP contribution in [-0.2, 0) is 65.4 Å². The molecule has 0 fully saturated rings. The summed E-state index contributed by atoms with van der Waals surface area (Å²) in [6, 6.07) is 0. The Morgan fingerprint density at radius 3 is 0.681 bits per heavy atom. The standard InChI is InChI=1S/C72H140O17P2/c1-62(2)48-40-32-24-20-16-13-11-9-10-12-14-18-22-26-36-44-52-69(74)82-58-67(88-71(76)54-46-38-27-23-19-15-17-21-25-33-41-49-63(3)4)60-86-90(78,79)84-56-66(73)57-85-91(80,81)87-61-68(89-72(77)55-47-39-31-29-35-43-51-65(7)8)59-83-70(75)53-45-37-30-28-34-42-50-64(5)6/h62-68,73H,9-61H2,1-8H3,(H,78,79)(H,80,81)/t66-,67-,68-/m1/s1. The highest BCUT2D eigenvalue weighted by molar-refractivity contribution is 7.47. The largest absolute Gasteiger partial charge is 0.472 e. The van der Waals surface area contributed by atoms with Crippen LogP contribution in [0.1, 0.15) is 357 Å². The molecule has 0 aromatic heterocycles. The molecule has 5 atom stereocenters. The van der Waals surface area contributed by atoms with Gasteiger partial charge in [0.25, 0.3) is 0 Å². The summed E-state index contributed by atoms with van der Waals surface area (Å²) in [5.41, 5.74) is 0. The van der Waals surface area contributed by atoms with Crippen molar-refractivity contribution in [1.82, 2.24) is 0 Å². The highest BCUT2D eigenvalue weighted by atomic mass is 31.2. The van der Waals surface area contributed by atoms with E-state index in [-0.39, 0.29) is 25.7 Å². The normalized spacial score (nSPS) is 14.2. The Bertz CT molecular complexity index is 1800. The Morgan fingerprint density at radius 2 is 0.462 bits per heavy atom. The van der Waals surface area contributed by atoms with Gasteiger partial charge in [-0.1, -0.05) is 306 Å². The lowest BCUT2D eigenvalue weighted by atomic mass is 10.0. The second-order valence-electron chi connectivity index (χ2n) is 27.9. The van der Waals surface area contributed by atoms with E-state index in [9.17, 15) is 43.2 Å². The van der Waals surface area contributed by atoms with Gasteiger partial charge >= 0.3 is 39.5 Å². The summed E-state index contributed by atoms with van der Waals surface area (Å²) < 4.78 is 68.2. The molecule has 0 aromatic rings. The van der Waals surface area contributed by atoms with Gasteiger partial charge in [0.15, 0.2) is 12.2 Å². The summed E-state index contributed by atoms with van der Waals surface area (Å²) in [5, 5.41) is 10.6. The van der Waals surface area contributed by atoms with Crippen LogP contribution < -0.4 is 0 Å². The number of aliphatic hydroxyl groups excluding tert-OH is 1. The van der Waals surface area contributed by atoms with Crippen molar-refractivity contribution in [3.63, 3.8) is 0 Å². The number of hydrogen-bond donors (Lipinski definition) is 3. The van der Waals surface area contributed by atoms with E-state index < -0.39 is 97.5 Å². The van der Waals surface area contributed by atoms with Crippen LogP contribution in [0.5, 0.6) is 0 Å². The molecule has 0 rings (SSSR count). The highest BCUT2D eigenvalue weighted by Crippen LogP contribution is 2.45. The van der Waals surface area contributed by atoms with Gasteiger partial charge in [-0.05, 0) is 49.4 Å². The maximum Gasteiger partial charge on any atom is 0.472 e. The van der Waals surface area contributed by atoms with Gasteiger partial charge in [-0.25, -0.2) is 9.13 Å². The van der Waals surface area contributed by atoms with Crippen LogP contribution in [0, 0.1) is 23.7 Å². The van der Waals surface area contributed by atoms with Crippen LogP contribution >= 0.6 is 15.6 Å². The summed E-state index contributed by atoms with van der Waals surface area (Å²) in [5.74, 6) is 0.794. The molecule has 0 saturated carbocycles. The first-order valence-corrected chi connectivity index (χ1v) is 40.2. The van der Waals surface area contributed by atoms with Crippen LogP contribution in [0.25, 0.3) is 0 Å². The smallest absolute Gasteiger partial charge is 0.462 e. The van der Waals surface area contributed by atoms with E-state index in [0.717, 1.165) is 108 Å². The topological polar surface area (TPSA) is 237 Å². The van der Waals surface area contributed by atoms with Gasteiger partial charge in [0.1, 0.15) is 19.3 Å². The molecule has 0 amide bonds. The zero-order valence-corrected chi connectivity index (χ0v) is 61.3. The Hall–Kier alpha value is -1.94. The van der Waals surface area contributed by atoms with Crippen LogP contribution in [0.2, 0.25) is 0 Å². The minimum atomic E-state index is -4.95. The Balaban J connectivity index is 5.19. The van der Waals surface area contributed by atoms with Gasteiger partial charge < -0.3 is 33.8 Å². The van der Waals surface area contributed by atoms with E-state index in [0.29, 0.717) is 37.5 Å². The number of phosphoric ester groups is 2. The van der Waals surface area contributed by atoms with Crippen molar-refractivity contribution in [3.05, 3.63) is 0 Å². The van der Waals surface area contributed by atoms with Crippen molar-refractivity contribution in [2.75, 3.05) is 39.6 Å². The molecule has 0 bridgehead atoms. The van der Waals surface area contributed by atoms with E-state index >= 15 is 0 Å². The highest BCUT2D eigenvalue weighted by Gasteiger charge is 2.30. The molecule has 0 radical (unpaired) electrons. The molecule has 0 aliphatic rings. The molecule has 91 heavy (non-hydrogen) atoms. The first kappa shape index (κ1) is 89.1. The second kappa shape index (κ2) is 61.6. The Morgan fingerprint density at radius 1 is 0.275 bits per heavy atom. The number of unbranched alkanes of at least 4 members (excludes halogenated alkanes) is 35. The number of hydrogen-bond acceptors (Lipinski definition) is 15.